The summed E-state index contributed by atoms with van der Waals surface area (Å²) in [5, 5.41) is 0. The van der Waals surface area contributed by atoms with E-state index in [0.717, 1.165) is 5.92 Å². The first-order valence-electron chi connectivity index (χ1n) is 6.37. The largest absolute Gasteiger partial charge is 0.0764 e. The van der Waals surface area contributed by atoms with Crippen LogP contribution in [0.5, 0.6) is 0 Å². The Bertz CT molecular complexity index is 411. The molecule has 0 heterocycles. The first-order valence-corrected chi connectivity index (χ1v) is 6.37. The predicted molar refractivity (Wildman–Crippen MR) is 68.4 cm³/mol. The molecule has 0 spiro atoms. The molecule has 82 valence electrons. The van der Waals surface area contributed by atoms with Gasteiger partial charge in [-0.1, -0.05) is 60.6 Å². The Kier molecular flexibility index (Phi) is 2.65. The van der Waals surface area contributed by atoms with Gasteiger partial charge in [0.25, 0.3) is 0 Å². The molecule has 0 nitrogen and oxygen atoms in total. The van der Waals surface area contributed by atoms with Gasteiger partial charge in [0.1, 0.15) is 0 Å². The number of fused-ring (bicyclic) bond motifs is 1. The quantitative estimate of drug-likeness (QED) is 0.642. The zero-order valence-corrected chi connectivity index (χ0v) is 9.60. The second-order valence-corrected chi connectivity index (χ2v) is 4.92. The van der Waals surface area contributed by atoms with Crippen molar-refractivity contribution in [2.45, 2.75) is 31.6 Å². The van der Waals surface area contributed by atoms with Crippen LogP contribution in [0.2, 0.25) is 0 Å². The number of hydrogen-bond donors (Lipinski definition) is 0. The first-order chi connectivity index (χ1) is 7.95. The van der Waals surface area contributed by atoms with E-state index in [1.165, 1.54) is 31.2 Å². The number of allylic oxidation sites excluding steroid dienone is 4. The van der Waals surface area contributed by atoms with Crippen LogP contribution in [-0.2, 0) is 0 Å². The van der Waals surface area contributed by atoms with Crippen LogP contribution in [0.3, 0.4) is 0 Å². The lowest BCUT2D eigenvalue weighted by Gasteiger charge is -2.33. The Labute approximate surface area is 97.7 Å². The van der Waals surface area contributed by atoms with Crippen LogP contribution < -0.4 is 0 Å². The molecule has 1 aromatic carbocycles. The molecule has 3 rings (SSSR count). The van der Waals surface area contributed by atoms with Crippen LogP contribution in [0.15, 0.2) is 54.1 Å². The molecule has 0 N–H and O–H groups in total. The molecule has 0 unspecified atom stereocenters. The lowest BCUT2D eigenvalue weighted by Crippen LogP contribution is -2.19. The molecule has 0 amide bonds. The summed E-state index contributed by atoms with van der Waals surface area (Å²) < 4.78 is 0. The highest BCUT2D eigenvalue weighted by atomic mass is 14.3. The molecule has 0 saturated heterocycles. The first kappa shape index (κ1) is 9.89. The standard InChI is InChI=1S/C16H18/c1-2-7-13(8-3-1)16-12-6-10-14-9-4-5-11-15(14)16/h1-3,6-8,10,12,15-16H,4-5,9,11H2/t15-,16-/m1/s1. The maximum Gasteiger partial charge on any atom is 0.00866 e. The molecular weight excluding hydrogens is 192 g/mol. The van der Waals surface area contributed by atoms with Crippen molar-refractivity contribution < 1.29 is 0 Å². The fourth-order valence-electron chi connectivity index (χ4n) is 3.13. The minimum absolute atomic E-state index is 0.626. The van der Waals surface area contributed by atoms with Gasteiger partial charge in [-0.05, 0) is 30.7 Å². The van der Waals surface area contributed by atoms with Crippen LogP contribution in [-0.4, -0.2) is 0 Å². The van der Waals surface area contributed by atoms with Crippen LogP contribution in [0.25, 0.3) is 0 Å². The van der Waals surface area contributed by atoms with Crippen molar-refractivity contribution >= 4 is 0 Å². The molecular formula is C16H18. The van der Waals surface area contributed by atoms with E-state index < -0.39 is 0 Å². The molecule has 2 atom stereocenters. The van der Waals surface area contributed by atoms with Gasteiger partial charge in [-0.15, -0.1) is 0 Å². The van der Waals surface area contributed by atoms with E-state index in [1.54, 1.807) is 5.57 Å². The van der Waals surface area contributed by atoms with Gasteiger partial charge in [0, 0.05) is 5.92 Å². The van der Waals surface area contributed by atoms with Crippen LogP contribution >= 0.6 is 0 Å². The van der Waals surface area contributed by atoms with Gasteiger partial charge in [0.05, 0.1) is 0 Å². The third-order valence-corrected chi connectivity index (χ3v) is 3.95. The SMILES string of the molecule is C1=C[C@H](c2ccccc2)[C@@H]2CCCCC2=C1. The highest BCUT2D eigenvalue weighted by Crippen LogP contribution is 2.42. The lowest BCUT2D eigenvalue weighted by atomic mass is 9.71. The van der Waals surface area contributed by atoms with E-state index in [2.05, 4.69) is 48.6 Å². The molecule has 0 heteroatoms. The van der Waals surface area contributed by atoms with Gasteiger partial charge in [-0.2, -0.15) is 0 Å². The number of hydrogen-bond acceptors (Lipinski definition) is 0. The van der Waals surface area contributed by atoms with Gasteiger partial charge in [-0.3, -0.25) is 0 Å². The maximum absolute atomic E-state index is 2.38. The van der Waals surface area contributed by atoms with Gasteiger partial charge < -0.3 is 0 Å². The fourth-order valence-corrected chi connectivity index (χ4v) is 3.13. The highest BCUT2D eigenvalue weighted by Gasteiger charge is 2.28. The third kappa shape index (κ3) is 1.73. The van der Waals surface area contributed by atoms with Crippen LogP contribution in [0.4, 0.5) is 0 Å². The summed E-state index contributed by atoms with van der Waals surface area (Å²) in [5.74, 6) is 1.41. The zero-order chi connectivity index (χ0) is 10.8. The van der Waals surface area contributed by atoms with Crippen molar-refractivity contribution in [2.24, 2.45) is 5.92 Å². The van der Waals surface area contributed by atoms with Gasteiger partial charge in [0.2, 0.25) is 0 Å². The Morgan fingerprint density at radius 3 is 2.75 bits per heavy atom. The Morgan fingerprint density at radius 1 is 1.00 bits per heavy atom. The van der Waals surface area contributed by atoms with Crippen molar-refractivity contribution in [3.05, 3.63) is 59.7 Å². The Morgan fingerprint density at radius 2 is 1.88 bits per heavy atom. The molecule has 1 saturated carbocycles. The van der Waals surface area contributed by atoms with Crippen molar-refractivity contribution in [1.29, 1.82) is 0 Å². The normalized spacial score (nSPS) is 28.4. The van der Waals surface area contributed by atoms with E-state index in [0.29, 0.717) is 5.92 Å². The van der Waals surface area contributed by atoms with Crippen LogP contribution in [0.1, 0.15) is 37.2 Å². The summed E-state index contributed by atoms with van der Waals surface area (Å²) in [6, 6.07) is 11.0. The third-order valence-electron chi connectivity index (χ3n) is 3.95. The van der Waals surface area contributed by atoms with E-state index in [9.17, 15) is 0 Å². The number of rotatable bonds is 1. The fraction of sp³-hybridized carbons (Fsp3) is 0.375. The zero-order valence-electron chi connectivity index (χ0n) is 9.60. The molecule has 0 radical (unpaired) electrons. The van der Waals surface area contributed by atoms with Gasteiger partial charge in [-0.25, -0.2) is 0 Å². The minimum atomic E-state index is 0.626. The summed E-state index contributed by atoms with van der Waals surface area (Å²) in [6.45, 7) is 0. The minimum Gasteiger partial charge on any atom is -0.0764 e. The smallest absolute Gasteiger partial charge is 0.00866 e. The van der Waals surface area contributed by atoms with Crippen LogP contribution in [0, 0.1) is 5.92 Å². The Balaban J connectivity index is 1.92. The summed E-state index contributed by atoms with van der Waals surface area (Å²) in [5.41, 5.74) is 3.17. The molecule has 1 fully saturated rings. The van der Waals surface area contributed by atoms with Crippen molar-refractivity contribution in [2.75, 3.05) is 0 Å². The van der Waals surface area contributed by atoms with Crippen molar-refractivity contribution in [3.8, 4) is 0 Å². The molecule has 16 heavy (non-hydrogen) atoms. The monoisotopic (exact) mass is 210 g/mol. The summed E-state index contributed by atoms with van der Waals surface area (Å²) >= 11 is 0. The summed E-state index contributed by atoms with van der Waals surface area (Å²) in [7, 11) is 0. The predicted octanol–water partition coefficient (Wildman–Crippen LogP) is 4.46. The van der Waals surface area contributed by atoms with E-state index in [-0.39, 0.29) is 0 Å². The second-order valence-electron chi connectivity index (χ2n) is 4.92. The average Bonchev–Trinajstić information content (AvgIpc) is 2.39. The molecule has 2 aliphatic carbocycles. The summed E-state index contributed by atoms with van der Waals surface area (Å²) in [4.78, 5) is 0. The molecule has 0 aromatic heterocycles. The molecule has 0 bridgehead atoms. The summed E-state index contributed by atoms with van der Waals surface area (Å²) in [6.07, 6.45) is 12.5. The lowest BCUT2D eigenvalue weighted by molar-refractivity contribution is 0.417. The van der Waals surface area contributed by atoms with E-state index in [1.807, 2.05) is 0 Å². The van der Waals surface area contributed by atoms with Gasteiger partial charge in [0.15, 0.2) is 0 Å². The topological polar surface area (TPSA) is 0 Å². The average molecular weight is 210 g/mol. The van der Waals surface area contributed by atoms with Crippen molar-refractivity contribution in [3.63, 3.8) is 0 Å². The van der Waals surface area contributed by atoms with E-state index >= 15 is 0 Å². The van der Waals surface area contributed by atoms with Gasteiger partial charge >= 0.3 is 0 Å². The number of benzene rings is 1. The Hall–Kier alpha value is -1.30. The highest BCUT2D eigenvalue weighted by molar-refractivity contribution is 5.34. The second kappa shape index (κ2) is 4.29. The molecule has 1 aromatic rings. The molecule has 2 aliphatic rings. The van der Waals surface area contributed by atoms with Crippen molar-refractivity contribution in [1.82, 2.24) is 0 Å². The maximum atomic E-state index is 2.38. The van der Waals surface area contributed by atoms with E-state index in [4.69, 9.17) is 0 Å². The molecule has 0 aliphatic heterocycles.